The van der Waals surface area contributed by atoms with Gasteiger partial charge < -0.3 is 15.0 Å². The number of rotatable bonds is 11. The molecule has 5 heteroatoms. The average molecular weight is 447 g/mol. The highest BCUT2D eigenvalue weighted by Gasteiger charge is 2.03. The molecular weight excluding hydrogens is 413 g/mol. The van der Waals surface area contributed by atoms with Gasteiger partial charge in [0.15, 0.2) is 5.96 Å². The average Bonchev–Trinajstić information content (AvgIpc) is 2.58. The van der Waals surface area contributed by atoms with E-state index in [2.05, 4.69) is 43.2 Å². The Morgan fingerprint density at radius 3 is 2.54 bits per heavy atom. The highest BCUT2D eigenvalue weighted by atomic mass is 127. The highest BCUT2D eigenvalue weighted by Crippen LogP contribution is 2.02. The third kappa shape index (κ3) is 10.9. The van der Waals surface area contributed by atoms with E-state index in [0.29, 0.717) is 6.61 Å². The van der Waals surface area contributed by atoms with Gasteiger partial charge in [0.1, 0.15) is 0 Å². The van der Waals surface area contributed by atoms with Crippen LogP contribution in [0.5, 0.6) is 0 Å². The topological polar surface area (TPSA) is 36.9 Å². The van der Waals surface area contributed by atoms with Crippen LogP contribution < -0.4 is 5.32 Å². The van der Waals surface area contributed by atoms with E-state index in [1.54, 1.807) is 0 Å². The number of ether oxygens (including phenoxy) is 1. The standard InChI is InChI=1S/C19H33N3O.HI/c1-4-6-15-22(3)19(20-5-2)21-14-10-11-16-23-17-18-12-8-7-9-13-18;/h7-9,12-13H,4-6,10-11,14-17H2,1-3H3,(H,20,21);1H. The largest absolute Gasteiger partial charge is 0.377 e. The second-order valence-electron chi connectivity index (χ2n) is 5.76. The molecule has 4 nitrogen and oxygen atoms in total. The summed E-state index contributed by atoms with van der Waals surface area (Å²) in [7, 11) is 2.11. The molecule has 0 heterocycles. The van der Waals surface area contributed by atoms with Crippen LogP contribution in [0.1, 0.15) is 45.1 Å². The van der Waals surface area contributed by atoms with Crippen LogP contribution in [-0.2, 0) is 11.3 Å². The Kier molecular flexibility index (Phi) is 15.2. The van der Waals surface area contributed by atoms with Gasteiger partial charge in [0.2, 0.25) is 0 Å². The fourth-order valence-electron chi connectivity index (χ4n) is 2.24. The number of hydrogen-bond acceptors (Lipinski definition) is 2. The molecule has 0 bridgehead atoms. The Labute approximate surface area is 165 Å². The van der Waals surface area contributed by atoms with Crippen molar-refractivity contribution in [3.63, 3.8) is 0 Å². The first-order chi connectivity index (χ1) is 11.3. The van der Waals surface area contributed by atoms with Gasteiger partial charge >= 0.3 is 0 Å². The van der Waals surface area contributed by atoms with Crippen LogP contribution in [0.4, 0.5) is 0 Å². The maximum atomic E-state index is 5.70. The number of benzene rings is 1. The Hall–Kier alpha value is -0.820. The zero-order chi connectivity index (χ0) is 16.8. The molecule has 0 spiro atoms. The lowest BCUT2D eigenvalue weighted by Gasteiger charge is -2.21. The van der Waals surface area contributed by atoms with Crippen molar-refractivity contribution >= 4 is 29.9 Å². The Bertz CT molecular complexity index is 426. The summed E-state index contributed by atoms with van der Waals surface area (Å²) < 4.78 is 5.70. The summed E-state index contributed by atoms with van der Waals surface area (Å²) in [4.78, 5) is 6.92. The van der Waals surface area contributed by atoms with Crippen LogP contribution >= 0.6 is 24.0 Å². The smallest absolute Gasteiger partial charge is 0.193 e. The number of unbranched alkanes of at least 4 members (excludes halogenated alkanes) is 2. The van der Waals surface area contributed by atoms with E-state index in [9.17, 15) is 0 Å². The number of aliphatic imine (C=N–C) groups is 1. The maximum absolute atomic E-state index is 5.70. The molecule has 0 saturated heterocycles. The predicted molar refractivity (Wildman–Crippen MR) is 114 cm³/mol. The summed E-state index contributed by atoms with van der Waals surface area (Å²) in [6, 6.07) is 10.3. The fourth-order valence-corrected chi connectivity index (χ4v) is 2.24. The normalized spacial score (nSPS) is 11.0. The van der Waals surface area contributed by atoms with Gasteiger partial charge in [-0.3, -0.25) is 4.99 Å². The molecule has 1 rings (SSSR count). The van der Waals surface area contributed by atoms with E-state index in [1.807, 2.05) is 18.2 Å². The van der Waals surface area contributed by atoms with Crippen LogP contribution in [0.25, 0.3) is 0 Å². The van der Waals surface area contributed by atoms with Crippen molar-refractivity contribution in [2.75, 3.05) is 33.3 Å². The number of nitrogens with zero attached hydrogens (tertiary/aromatic N) is 2. The van der Waals surface area contributed by atoms with Crippen molar-refractivity contribution in [2.45, 2.75) is 46.1 Å². The summed E-state index contributed by atoms with van der Waals surface area (Å²) in [6.07, 6.45) is 4.52. The molecule has 0 aliphatic carbocycles. The van der Waals surface area contributed by atoms with Crippen LogP contribution in [0.3, 0.4) is 0 Å². The Morgan fingerprint density at radius 2 is 1.88 bits per heavy atom. The van der Waals surface area contributed by atoms with Gasteiger partial charge in [-0.25, -0.2) is 0 Å². The van der Waals surface area contributed by atoms with Gasteiger partial charge in [0.05, 0.1) is 6.61 Å². The monoisotopic (exact) mass is 447 g/mol. The molecule has 0 saturated carbocycles. The Balaban J connectivity index is 0.00000529. The fraction of sp³-hybridized carbons (Fsp3) is 0.632. The van der Waals surface area contributed by atoms with Crippen LogP contribution in [0.15, 0.2) is 35.3 Å². The van der Waals surface area contributed by atoms with E-state index in [1.165, 1.54) is 18.4 Å². The second kappa shape index (κ2) is 15.7. The van der Waals surface area contributed by atoms with Crippen molar-refractivity contribution in [2.24, 2.45) is 4.99 Å². The zero-order valence-electron chi connectivity index (χ0n) is 15.5. The first-order valence-corrected chi connectivity index (χ1v) is 8.89. The van der Waals surface area contributed by atoms with Gasteiger partial charge in [0.25, 0.3) is 0 Å². The molecule has 0 unspecified atom stereocenters. The van der Waals surface area contributed by atoms with Crippen LogP contribution in [0, 0.1) is 0 Å². The first-order valence-electron chi connectivity index (χ1n) is 8.89. The van der Waals surface area contributed by atoms with Gasteiger partial charge in [-0.05, 0) is 31.7 Å². The van der Waals surface area contributed by atoms with E-state index < -0.39 is 0 Å². The molecule has 1 aromatic carbocycles. The third-order valence-electron chi connectivity index (χ3n) is 3.61. The minimum atomic E-state index is 0. The molecule has 0 amide bonds. The molecule has 0 fully saturated rings. The minimum absolute atomic E-state index is 0. The van der Waals surface area contributed by atoms with Gasteiger partial charge in [-0.1, -0.05) is 43.7 Å². The van der Waals surface area contributed by atoms with E-state index >= 15 is 0 Å². The van der Waals surface area contributed by atoms with Crippen LogP contribution in [-0.4, -0.2) is 44.1 Å². The van der Waals surface area contributed by atoms with Crippen molar-refractivity contribution in [1.82, 2.24) is 10.2 Å². The summed E-state index contributed by atoms with van der Waals surface area (Å²) >= 11 is 0. The summed E-state index contributed by atoms with van der Waals surface area (Å²) in [6.45, 7) is 8.65. The SMILES string of the molecule is CCCCN(C)C(=NCCCCOCc1ccccc1)NCC.I. The van der Waals surface area contributed by atoms with Crippen molar-refractivity contribution < 1.29 is 4.74 Å². The highest BCUT2D eigenvalue weighted by molar-refractivity contribution is 14.0. The van der Waals surface area contributed by atoms with Crippen molar-refractivity contribution in [1.29, 1.82) is 0 Å². The molecule has 0 atom stereocenters. The number of hydrogen-bond donors (Lipinski definition) is 1. The number of halogens is 1. The molecule has 138 valence electrons. The lowest BCUT2D eigenvalue weighted by atomic mass is 10.2. The summed E-state index contributed by atoms with van der Waals surface area (Å²) in [5.74, 6) is 1.02. The molecular formula is C19H34IN3O. The number of guanidine groups is 1. The zero-order valence-corrected chi connectivity index (χ0v) is 17.8. The summed E-state index contributed by atoms with van der Waals surface area (Å²) in [5.41, 5.74) is 1.23. The summed E-state index contributed by atoms with van der Waals surface area (Å²) in [5, 5.41) is 3.36. The minimum Gasteiger partial charge on any atom is -0.377 e. The molecule has 1 aromatic rings. The Morgan fingerprint density at radius 1 is 1.12 bits per heavy atom. The molecule has 24 heavy (non-hydrogen) atoms. The quantitative estimate of drug-likeness (QED) is 0.238. The van der Waals surface area contributed by atoms with Gasteiger partial charge in [-0.15, -0.1) is 24.0 Å². The van der Waals surface area contributed by atoms with E-state index in [4.69, 9.17) is 9.73 Å². The third-order valence-corrected chi connectivity index (χ3v) is 3.61. The second-order valence-corrected chi connectivity index (χ2v) is 5.76. The first kappa shape index (κ1) is 23.2. The molecule has 0 radical (unpaired) electrons. The number of nitrogens with one attached hydrogen (secondary N) is 1. The van der Waals surface area contributed by atoms with Crippen molar-refractivity contribution in [3.05, 3.63) is 35.9 Å². The molecule has 0 aliphatic heterocycles. The predicted octanol–water partition coefficient (Wildman–Crippen LogP) is 4.30. The molecule has 1 N–H and O–H groups in total. The van der Waals surface area contributed by atoms with E-state index in [-0.39, 0.29) is 24.0 Å². The lowest BCUT2D eigenvalue weighted by molar-refractivity contribution is 0.117. The molecule has 0 aromatic heterocycles. The van der Waals surface area contributed by atoms with Gasteiger partial charge in [-0.2, -0.15) is 0 Å². The lowest BCUT2D eigenvalue weighted by Crippen LogP contribution is -2.39. The van der Waals surface area contributed by atoms with Gasteiger partial charge in [0, 0.05) is 33.3 Å². The maximum Gasteiger partial charge on any atom is 0.193 e. The van der Waals surface area contributed by atoms with Crippen LogP contribution in [0.2, 0.25) is 0 Å². The van der Waals surface area contributed by atoms with E-state index in [0.717, 1.165) is 45.0 Å². The molecule has 0 aliphatic rings. The van der Waals surface area contributed by atoms with Crippen molar-refractivity contribution in [3.8, 4) is 0 Å².